The number of nitrogens with zero attached hydrogens (tertiary/aromatic N) is 2. The minimum absolute atomic E-state index is 0.968. The number of fused-ring (bicyclic) bond motifs is 3. The van der Waals surface area contributed by atoms with Gasteiger partial charge in [0.05, 0.1) is 22.4 Å². The number of hydrogen-bond donors (Lipinski definition) is 0. The van der Waals surface area contributed by atoms with Crippen LogP contribution < -0.4 is 0 Å². The van der Waals surface area contributed by atoms with Gasteiger partial charge in [-0.15, -0.1) is 0 Å². The first-order valence-corrected chi connectivity index (χ1v) is 6.78. The van der Waals surface area contributed by atoms with Crippen molar-refractivity contribution in [2.45, 2.75) is 13.8 Å². The van der Waals surface area contributed by atoms with Crippen molar-refractivity contribution < 1.29 is 0 Å². The lowest BCUT2D eigenvalue weighted by atomic mass is 10.0. The third-order valence-electron chi connectivity index (χ3n) is 3.90. The lowest BCUT2D eigenvalue weighted by molar-refractivity contribution is 1.10. The molecule has 0 unspecified atom stereocenters. The highest BCUT2D eigenvalue weighted by atomic mass is 14.8. The van der Waals surface area contributed by atoms with Crippen molar-refractivity contribution in [3.05, 3.63) is 59.9 Å². The fourth-order valence-electron chi connectivity index (χ4n) is 2.67. The fraction of sp³-hybridized carbons (Fsp3) is 0.111. The van der Waals surface area contributed by atoms with E-state index in [2.05, 4.69) is 58.5 Å². The Labute approximate surface area is 117 Å². The first kappa shape index (κ1) is 11.4. The quantitative estimate of drug-likeness (QED) is 0.432. The van der Waals surface area contributed by atoms with E-state index in [1.807, 2.05) is 13.8 Å². The van der Waals surface area contributed by atoms with Crippen molar-refractivity contribution in [1.82, 2.24) is 9.97 Å². The average Bonchev–Trinajstić information content (AvgIpc) is 2.44. The predicted octanol–water partition coefficient (Wildman–Crippen LogP) is 4.55. The molecule has 0 aliphatic carbocycles. The van der Waals surface area contributed by atoms with Crippen LogP contribution in [-0.2, 0) is 0 Å². The van der Waals surface area contributed by atoms with Gasteiger partial charge >= 0.3 is 0 Å². The van der Waals surface area contributed by atoms with Crippen LogP contribution in [0.15, 0.2) is 48.5 Å². The summed E-state index contributed by atoms with van der Waals surface area (Å²) in [6.07, 6.45) is 0. The van der Waals surface area contributed by atoms with Crippen LogP contribution in [0.5, 0.6) is 0 Å². The molecule has 0 fully saturated rings. The molecule has 0 spiro atoms. The Hall–Kier alpha value is -2.48. The molecule has 1 aromatic heterocycles. The molecular formula is C18H14N2. The van der Waals surface area contributed by atoms with E-state index in [1.54, 1.807) is 0 Å². The molecule has 1 heterocycles. The standard InChI is InChI=1S/C18H14N2/c1-11-12(2)20-18-10-16-8-14-6-4-3-5-13(14)7-15(16)9-17(18)19-11/h3-10H,1-2H3. The maximum atomic E-state index is 4.64. The summed E-state index contributed by atoms with van der Waals surface area (Å²) in [6, 6.07) is 17.1. The summed E-state index contributed by atoms with van der Waals surface area (Å²) in [5.41, 5.74) is 3.93. The molecule has 0 amide bonds. The van der Waals surface area contributed by atoms with Gasteiger partial charge in [0, 0.05) is 0 Å². The average molecular weight is 258 g/mol. The Morgan fingerprint density at radius 3 is 1.50 bits per heavy atom. The van der Waals surface area contributed by atoms with Gasteiger partial charge in [-0.3, -0.25) is 0 Å². The molecule has 4 rings (SSSR count). The van der Waals surface area contributed by atoms with Crippen molar-refractivity contribution in [2.75, 3.05) is 0 Å². The van der Waals surface area contributed by atoms with Crippen molar-refractivity contribution in [3.63, 3.8) is 0 Å². The van der Waals surface area contributed by atoms with Crippen LogP contribution in [0, 0.1) is 13.8 Å². The van der Waals surface area contributed by atoms with Crippen LogP contribution in [0.3, 0.4) is 0 Å². The van der Waals surface area contributed by atoms with Crippen molar-refractivity contribution in [3.8, 4) is 0 Å². The van der Waals surface area contributed by atoms with Gasteiger partial charge in [0.25, 0.3) is 0 Å². The molecule has 0 bridgehead atoms. The highest BCUT2D eigenvalue weighted by molar-refractivity contribution is 6.03. The Kier molecular flexibility index (Phi) is 2.27. The molecule has 0 N–H and O–H groups in total. The SMILES string of the molecule is Cc1nc2cc3cc4ccccc4cc3cc2nc1C. The topological polar surface area (TPSA) is 25.8 Å². The van der Waals surface area contributed by atoms with E-state index in [1.165, 1.54) is 21.5 Å². The predicted molar refractivity (Wildman–Crippen MR) is 84.0 cm³/mol. The summed E-state index contributed by atoms with van der Waals surface area (Å²) in [4.78, 5) is 9.29. The van der Waals surface area contributed by atoms with Crippen molar-refractivity contribution in [1.29, 1.82) is 0 Å². The van der Waals surface area contributed by atoms with Crippen LogP contribution >= 0.6 is 0 Å². The zero-order chi connectivity index (χ0) is 13.7. The summed E-state index contributed by atoms with van der Waals surface area (Å²) >= 11 is 0. The monoisotopic (exact) mass is 258 g/mol. The fourth-order valence-corrected chi connectivity index (χ4v) is 2.67. The molecule has 0 aliphatic heterocycles. The molecule has 20 heavy (non-hydrogen) atoms. The van der Waals surface area contributed by atoms with Crippen molar-refractivity contribution in [2.24, 2.45) is 0 Å². The van der Waals surface area contributed by atoms with Gasteiger partial charge < -0.3 is 0 Å². The van der Waals surface area contributed by atoms with Gasteiger partial charge in [0.1, 0.15) is 0 Å². The molecule has 3 aromatic carbocycles. The van der Waals surface area contributed by atoms with Crippen LogP contribution in [0.4, 0.5) is 0 Å². The molecular weight excluding hydrogens is 244 g/mol. The van der Waals surface area contributed by atoms with Gasteiger partial charge in [-0.25, -0.2) is 9.97 Å². The zero-order valence-electron chi connectivity index (χ0n) is 11.5. The van der Waals surface area contributed by atoms with E-state index >= 15 is 0 Å². The van der Waals surface area contributed by atoms with E-state index in [4.69, 9.17) is 0 Å². The lowest BCUT2D eigenvalue weighted by Crippen LogP contribution is -1.93. The highest BCUT2D eigenvalue weighted by Gasteiger charge is 2.05. The highest BCUT2D eigenvalue weighted by Crippen LogP contribution is 2.26. The second kappa shape index (κ2) is 4.01. The van der Waals surface area contributed by atoms with Gasteiger partial charge in [0.15, 0.2) is 0 Å². The van der Waals surface area contributed by atoms with E-state index in [-0.39, 0.29) is 0 Å². The van der Waals surface area contributed by atoms with E-state index in [9.17, 15) is 0 Å². The van der Waals surface area contributed by atoms with Crippen LogP contribution in [0.25, 0.3) is 32.6 Å². The minimum atomic E-state index is 0.968. The van der Waals surface area contributed by atoms with Gasteiger partial charge in [0.2, 0.25) is 0 Å². The zero-order valence-corrected chi connectivity index (χ0v) is 11.5. The number of benzene rings is 3. The summed E-state index contributed by atoms with van der Waals surface area (Å²) in [7, 11) is 0. The van der Waals surface area contributed by atoms with E-state index in [0.717, 1.165) is 22.4 Å². The number of hydrogen-bond acceptors (Lipinski definition) is 2. The molecule has 96 valence electrons. The lowest BCUT2D eigenvalue weighted by Gasteiger charge is -2.06. The Morgan fingerprint density at radius 2 is 1.05 bits per heavy atom. The maximum absolute atomic E-state index is 4.64. The molecule has 2 nitrogen and oxygen atoms in total. The van der Waals surface area contributed by atoms with Crippen molar-refractivity contribution >= 4 is 32.6 Å². The number of aryl methyl sites for hydroxylation is 2. The third kappa shape index (κ3) is 1.65. The molecule has 0 saturated heterocycles. The maximum Gasteiger partial charge on any atom is 0.0896 e. The smallest absolute Gasteiger partial charge is 0.0896 e. The first-order valence-electron chi connectivity index (χ1n) is 6.78. The van der Waals surface area contributed by atoms with E-state index < -0.39 is 0 Å². The summed E-state index contributed by atoms with van der Waals surface area (Å²) in [5, 5.41) is 4.95. The first-order chi connectivity index (χ1) is 9.70. The van der Waals surface area contributed by atoms with Gasteiger partial charge in [-0.1, -0.05) is 24.3 Å². The third-order valence-corrected chi connectivity index (χ3v) is 3.90. The van der Waals surface area contributed by atoms with Gasteiger partial charge in [-0.2, -0.15) is 0 Å². The van der Waals surface area contributed by atoms with Crippen LogP contribution in [-0.4, -0.2) is 9.97 Å². The summed E-state index contributed by atoms with van der Waals surface area (Å²) in [6.45, 7) is 4.01. The van der Waals surface area contributed by atoms with E-state index in [0.29, 0.717) is 0 Å². The number of aromatic nitrogens is 2. The Morgan fingerprint density at radius 1 is 0.600 bits per heavy atom. The van der Waals surface area contributed by atoms with Crippen LogP contribution in [0.1, 0.15) is 11.4 Å². The minimum Gasteiger partial charge on any atom is -0.250 e. The Bertz CT molecular complexity index is 891. The second-order valence-corrected chi connectivity index (χ2v) is 5.28. The largest absolute Gasteiger partial charge is 0.250 e. The molecule has 0 atom stereocenters. The summed E-state index contributed by atoms with van der Waals surface area (Å²) in [5.74, 6) is 0. The number of rotatable bonds is 0. The molecule has 0 radical (unpaired) electrons. The normalized spacial score (nSPS) is 11.5. The molecule has 0 aliphatic rings. The Balaban J connectivity index is 2.15. The second-order valence-electron chi connectivity index (χ2n) is 5.28. The molecule has 4 aromatic rings. The van der Waals surface area contributed by atoms with Crippen LogP contribution in [0.2, 0.25) is 0 Å². The van der Waals surface area contributed by atoms with Gasteiger partial charge in [-0.05, 0) is 59.7 Å². The molecule has 0 saturated carbocycles. The molecule has 2 heteroatoms. The summed E-state index contributed by atoms with van der Waals surface area (Å²) < 4.78 is 0.